The number of ether oxygens (including phenoxy) is 1. The zero-order valence-electron chi connectivity index (χ0n) is 17.9. The van der Waals surface area contributed by atoms with Gasteiger partial charge in [0.1, 0.15) is 5.75 Å². The largest absolute Gasteiger partial charge is 0.494 e. The molecule has 2 heterocycles. The van der Waals surface area contributed by atoms with Crippen molar-refractivity contribution in [3.8, 4) is 11.4 Å². The van der Waals surface area contributed by atoms with Crippen LogP contribution in [0.25, 0.3) is 5.69 Å². The van der Waals surface area contributed by atoms with Crippen molar-refractivity contribution in [2.75, 3.05) is 23.9 Å². The first-order chi connectivity index (χ1) is 15.7. The highest BCUT2D eigenvalue weighted by Crippen LogP contribution is 2.36. The van der Waals surface area contributed by atoms with Crippen molar-refractivity contribution in [2.24, 2.45) is 0 Å². The van der Waals surface area contributed by atoms with E-state index < -0.39 is 23.3 Å². The van der Waals surface area contributed by atoms with Crippen LogP contribution in [0.4, 0.5) is 24.5 Å². The smallest absolute Gasteiger partial charge is 0.434 e. The van der Waals surface area contributed by atoms with Crippen molar-refractivity contribution in [2.45, 2.75) is 25.9 Å². The first-order valence-corrected chi connectivity index (χ1v) is 10.2. The second-order valence-corrected chi connectivity index (χ2v) is 7.64. The van der Waals surface area contributed by atoms with E-state index in [2.05, 4.69) is 10.4 Å². The fourth-order valence-corrected chi connectivity index (χ4v) is 3.75. The van der Waals surface area contributed by atoms with E-state index in [4.69, 9.17) is 4.74 Å². The number of nitrogens with zero attached hydrogens (tertiary/aromatic N) is 3. The maximum absolute atomic E-state index is 13.9. The quantitative estimate of drug-likeness (QED) is 0.607. The molecule has 1 fully saturated rings. The minimum absolute atomic E-state index is 0.0385. The lowest BCUT2D eigenvalue weighted by molar-refractivity contribution is -0.143. The molecular formula is C23H21F3N4O3. The van der Waals surface area contributed by atoms with Gasteiger partial charge in [0, 0.05) is 24.7 Å². The minimum atomic E-state index is -4.81. The molecule has 0 unspecified atom stereocenters. The first kappa shape index (κ1) is 22.4. The van der Waals surface area contributed by atoms with Crippen molar-refractivity contribution >= 4 is 23.2 Å². The molecule has 0 spiro atoms. The number of alkyl halides is 3. The van der Waals surface area contributed by atoms with Crippen molar-refractivity contribution < 1.29 is 27.5 Å². The lowest BCUT2D eigenvalue weighted by Gasteiger charge is -2.19. The molecule has 1 aromatic heterocycles. The third-order valence-corrected chi connectivity index (χ3v) is 5.36. The molecule has 33 heavy (non-hydrogen) atoms. The summed E-state index contributed by atoms with van der Waals surface area (Å²) < 4.78 is 47.7. The number of aromatic nitrogens is 2. The van der Waals surface area contributed by atoms with Crippen LogP contribution < -0.4 is 15.0 Å². The highest BCUT2D eigenvalue weighted by Gasteiger charge is 2.40. The van der Waals surface area contributed by atoms with Gasteiger partial charge in [0.05, 0.1) is 30.2 Å². The van der Waals surface area contributed by atoms with Gasteiger partial charge in [-0.3, -0.25) is 9.59 Å². The van der Waals surface area contributed by atoms with E-state index in [1.807, 2.05) is 6.92 Å². The van der Waals surface area contributed by atoms with Crippen LogP contribution >= 0.6 is 0 Å². The number of amides is 2. The summed E-state index contributed by atoms with van der Waals surface area (Å²) in [5.74, 6) is -0.675. The van der Waals surface area contributed by atoms with E-state index in [0.29, 0.717) is 29.1 Å². The van der Waals surface area contributed by atoms with Crippen LogP contribution in [0.3, 0.4) is 0 Å². The van der Waals surface area contributed by atoms with E-state index in [1.54, 1.807) is 23.1 Å². The van der Waals surface area contributed by atoms with Gasteiger partial charge in [0.15, 0.2) is 5.69 Å². The summed E-state index contributed by atoms with van der Waals surface area (Å²) >= 11 is 0. The third-order valence-electron chi connectivity index (χ3n) is 5.36. The molecule has 1 aliphatic rings. The van der Waals surface area contributed by atoms with Crippen molar-refractivity contribution in [1.29, 1.82) is 0 Å². The van der Waals surface area contributed by atoms with Crippen molar-refractivity contribution in [1.82, 2.24) is 9.78 Å². The lowest BCUT2D eigenvalue weighted by atomic mass is 10.2. The van der Waals surface area contributed by atoms with Crippen LogP contribution in [0.1, 0.15) is 34.5 Å². The van der Waals surface area contributed by atoms with Crippen LogP contribution in [0.2, 0.25) is 0 Å². The van der Waals surface area contributed by atoms with Crippen LogP contribution in [-0.4, -0.2) is 35.2 Å². The summed E-state index contributed by atoms with van der Waals surface area (Å²) in [6.45, 7) is 2.36. The Balaban J connectivity index is 1.65. The normalized spacial score (nSPS) is 14.0. The molecule has 4 rings (SSSR count). The maximum Gasteiger partial charge on any atom is 0.434 e. The van der Waals surface area contributed by atoms with Gasteiger partial charge in [-0.1, -0.05) is 17.7 Å². The van der Waals surface area contributed by atoms with Gasteiger partial charge < -0.3 is 15.0 Å². The fourth-order valence-electron chi connectivity index (χ4n) is 3.75. The Labute approximate surface area is 187 Å². The van der Waals surface area contributed by atoms with Crippen LogP contribution in [0.5, 0.6) is 5.75 Å². The molecule has 172 valence electrons. The Kier molecular flexibility index (Phi) is 5.84. The summed E-state index contributed by atoms with van der Waals surface area (Å²) in [4.78, 5) is 26.4. The molecule has 0 atom stereocenters. The Hall–Kier alpha value is -3.82. The fraction of sp³-hybridized carbons (Fsp3) is 0.261. The standard InChI is InChI=1S/C23H21F3N4O3/c1-14-5-8-16(9-6-14)30-21(23(24,25)26)17(13-27-30)22(32)28-15-7-10-18(19(12-15)33-2)29-11-3-4-20(29)31/h5-10,12-13H,3-4,11H2,1-2H3,(H,28,32). The highest BCUT2D eigenvalue weighted by atomic mass is 19.4. The predicted molar refractivity (Wildman–Crippen MR) is 116 cm³/mol. The van der Waals surface area contributed by atoms with E-state index in [-0.39, 0.29) is 17.3 Å². The van der Waals surface area contributed by atoms with E-state index in [9.17, 15) is 22.8 Å². The average molecular weight is 458 g/mol. The number of halogens is 3. The lowest BCUT2D eigenvalue weighted by Crippen LogP contribution is -2.24. The Morgan fingerprint density at radius 1 is 1.15 bits per heavy atom. The van der Waals surface area contributed by atoms with Crippen LogP contribution in [0, 0.1) is 6.92 Å². The molecule has 7 nitrogen and oxygen atoms in total. The molecule has 1 saturated heterocycles. The summed E-state index contributed by atoms with van der Waals surface area (Å²) in [6.07, 6.45) is -2.75. The number of anilines is 2. The number of rotatable bonds is 5. The predicted octanol–water partition coefficient (Wildman–Crippen LogP) is 4.59. The number of carbonyl (C=O) groups is 2. The van der Waals surface area contributed by atoms with Gasteiger partial charge in [0.2, 0.25) is 5.91 Å². The van der Waals surface area contributed by atoms with Crippen molar-refractivity contribution in [3.63, 3.8) is 0 Å². The molecular weight excluding hydrogens is 437 g/mol. The summed E-state index contributed by atoms with van der Waals surface area (Å²) in [5, 5.41) is 6.29. The molecule has 2 aromatic carbocycles. The summed E-state index contributed by atoms with van der Waals surface area (Å²) in [7, 11) is 1.42. The Morgan fingerprint density at radius 2 is 1.88 bits per heavy atom. The SMILES string of the molecule is COc1cc(NC(=O)c2cnn(-c3ccc(C)cc3)c2C(F)(F)F)ccc1N1CCCC1=O. The minimum Gasteiger partial charge on any atom is -0.494 e. The number of methoxy groups -OCH3 is 1. The Morgan fingerprint density at radius 3 is 2.48 bits per heavy atom. The zero-order valence-corrected chi connectivity index (χ0v) is 17.9. The van der Waals surface area contributed by atoms with Gasteiger partial charge in [-0.15, -0.1) is 0 Å². The van der Waals surface area contributed by atoms with Crippen molar-refractivity contribution in [3.05, 3.63) is 65.5 Å². The molecule has 0 aliphatic carbocycles. The van der Waals surface area contributed by atoms with Gasteiger partial charge in [-0.05, 0) is 37.6 Å². The monoisotopic (exact) mass is 458 g/mol. The van der Waals surface area contributed by atoms with Crippen LogP contribution in [0.15, 0.2) is 48.7 Å². The number of nitrogens with one attached hydrogen (secondary N) is 1. The van der Waals surface area contributed by atoms with Crippen LogP contribution in [-0.2, 0) is 11.0 Å². The Bertz CT molecular complexity index is 1200. The third kappa shape index (κ3) is 4.41. The van der Waals surface area contributed by atoms with Gasteiger partial charge in [0.25, 0.3) is 5.91 Å². The highest BCUT2D eigenvalue weighted by molar-refractivity contribution is 6.05. The molecule has 0 radical (unpaired) electrons. The number of hydrogen-bond donors (Lipinski definition) is 1. The number of hydrogen-bond acceptors (Lipinski definition) is 4. The molecule has 0 bridgehead atoms. The second kappa shape index (κ2) is 8.61. The van der Waals surface area contributed by atoms with E-state index in [1.165, 1.54) is 31.4 Å². The van der Waals surface area contributed by atoms with E-state index >= 15 is 0 Å². The molecule has 1 N–H and O–H groups in total. The second-order valence-electron chi connectivity index (χ2n) is 7.64. The number of benzene rings is 2. The summed E-state index contributed by atoms with van der Waals surface area (Å²) in [5.41, 5.74) is 0.0549. The van der Waals surface area contributed by atoms with E-state index in [0.717, 1.165) is 18.2 Å². The maximum atomic E-state index is 13.9. The zero-order chi connectivity index (χ0) is 23.8. The van der Waals surface area contributed by atoms with Gasteiger partial charge in [-0.25, -0.2) is 4.68 Å². The molecule has 2 amide bonds. The first-order valence-electron chi connectivity index (χ1n) is 10.2. The molecule has 0 saturated carbocycles. The molecule has 3 aromatic rings. The molecule has 10 heteroatoms. The number of carbonyl (C=O) groups excluding carboxylic acids is 2. The number of aryl methyl sites for hydroxylation is 1. The van der Waals surface area contributed by atoms with Gasteiger partial charge in [-0.2, -0.15) is 18.3 Å². The average Bonchev–Trinajstić information content (AvgIpc) is 3.41. The van der Waals surface area contributed by atoms with Gasteiger partial charge >= 0.3 is 6.18 Å². The summed E-state index contributed by atoms with van der Waals surface area (Å²) in [6, 6.07) is 10.9. The molecule has 1 aliphatic heterocycles. The topological polar surface area (TPSA) is 76.5 Å².